The molecule has 4 heteroatoms. The van der Waals surface area contributed by atoms with Crippen molar-refractivity contribution >= 4 is 22.7 Å². The molecule has 4 nitrogen and oxygen atoms in total. The third kappa shape index (κ3) is 1.48. The van der Waals surface area contributed by atoms with E-state index in [-0.39, 0.29) is 5.56 Å². The number of aryl methyl sites for hydroxylation is 1. The Morgan fingerprint density at radius 3 is 2.62 bits per heavy atom. The van der Waals surface area contributed by atoms with Gasteiger partial charge < -0.3 is 14.5 Å². The average Bonchev–Trinajstić information content (AvgIpc) is 2.66. The molecule has 0 fully saturated rings. The van der Waals surface area contributed by atoms with Gasteiger partial charge in [0.1, 0.15) is 5.97 Å². The Morgan fingerprint density at radius 2 is 2.00 bits per heavy atom. The van der Waals surface area contributed by atoms with Crippen LogP contribution in [0.5, 0.6) is 0 Å². The first-order valence-electron chi connectivity index (χ1n) is 4.98. The number of carbonyl (C=O) groups is 2. The lowest BCUT2D eigenvalue weighted by Gasteiger charge is -1.98. The molecule has 16 heavy (non-hydrogen) atoms. The minimum absolute atomic E-state index is 0.192. The highest BCUT2D eigenvalue weighted by Crippen LogP contribution is 2.21. The molecule has 0 aliphatic heterocycles. The quantitative estimate of drug-likeness (QED) is 0.557. The summed E-state index contributed by atoms with van der Waals surface area (Å²) in [6.45, 7) is 2.61. The number of hydrogen-bond acceptors (Lipinski definition) is 3. The first-order valence-corrected chi connectivity index (χ1v) is 4.98. The topological polar surface area (TPSA) is 62.1 Å². The molecule has 0 atom stereocenters. The first kappa shape index (κ1) is 10.4. The molecular formula is C12H10NO3-. The minimum Gasteiger partial charge on any atom is -0.541 e. The number of carboxylic acids is 1. The van der Waals surface area contributed by atoms with Crippen LogP contribution in [0.2, 0.25) is 0 Å². The molecule has 0 amide bonds. The number of hydrogen-bond donors (Lipinski definition) is 0. The highest BCUT2D eigenvalue weighted by molar-refractivity contribution is 6.41. The number of para-hydroxylation sites is 1. The zero-order valence-corrected chi connectivity index (χ0v) is 8.77. The van der Waals surface area contributed by atoms with E-state index < -0.39 is 11.8 Å². The molecule has 0 saturated carbocycles. The third-order valence-electron chi connectivity index (χ3n) is 2.56. The lowest BCUT2D eigenvalue weighted by atomic mass is 10.1. The molecule has 2 rings (SSSR count). The van der Waals surface area contributed by atoms with Crippen molar-refractivity contribution in [3.8, 4) is 0 Å². The van der Waals surface area contributed by atoms with Crippen LogP contribution in [0.25, 0.3) is 10.9 Å². The second kappa shape index (κ2) is 3.81. The second-order valence-corrected chi connectivity index (χ2v) is 3.46. The molecule has 1 aromatic carbocycles. The van der Waals surface area contributed by atoms with E-state index in [1.807, 2.05) is 23.6 Å². The summed E-state index contributed by atoms with van der Waals surface area (Å²) in [7, 11) is 0. The molecule has 0 radical (unpaired) electrons. The summed E-state index contributed by atoms with van der Waals surface area (Å²) in [5, 5.41) is 11.2. The van der Waals surface area contributed by atoms with Crippen LogP contribution in [0.4, 0.5) is 0 Å². The Labute approximate surface area is 92.1 Å². The largest absolute Gasteiger partial charge is 0.541 e. The van der Waals surface area contributed by atoms with Crippen LogP contribution in [-0.2, 0) is 11.3 Å². The first-order chi connectivity index (χ1) is 7.65. The SMILES string of the molecule is CCn1cc(C(=O)C(=O)[O-])c2ccccc21. The molecule has 0 aliphatic rings. The zero-order chi connectivity index (χ0) is 11.7. The van der Waals surface area contributed by atoms with E-state index in [0.717, 1.165) is 5.52 Å². The molecule has 0 aliphatic carbocycles. The Morgan fingerprint density at radius 1 is 1.31 bits per heavy atom. The highest BCUT2D eigenvalue weighted by atomic mass is 16.4. The number of rotatable bonds is 3. The summed E-state index contributed by atoms with van der Waals surface area (Å²) >= 11 is 0. The van der Waals surface area contributed by atoms with Crippen molar-refractivity contribution < 1.29 is 14.7 Å². The summed E-state index contributed by atoms with van der Waals surface area (Å²) in [4.78, 5) is 22.0. The Bertz CT molecular complexity index is 569. The van der Waals surface area contributed by atoms with Gasteiger partial charge in [-0.3, -0.25) is 4.79 Å². The zero-order valence-electron chi connectivity index (χ0n) is 8.77. The highest BCUT2D eigenvalue weighted by Gasteiger charge is 2.14. The Kier molecular flexibility index (Phi) is 2.48. The maximum Gasteiger partial charge on any atom is 0.210 e. The van der Waals surface area contributed by atoms with Gasteiger partial charge >= 0.3 is 0 Å². The molecule has 0 unspecified atom stereocenters. The second-order valence-electron chi connectivity index (χ2n) is 3.46. The van der Waals surface area contributed by atoms with Crippen molar-refractivity contribution in [1.82, 2.24) is 4.57 Å². The van der Waals surface area contributed by atoms with Gasteiger partial charge in [-0.05, 0) is 13.0 Å². The number of aliphatic carboxylic acids is 1. The van der Waals surface area contributed by atoms with E-state index in [1.54, 1.807) is 18.3 Å². The molecule has 2 aromatic rings. The maximum absolute atomic E-state index is 11.4. The number of nitrogens with zero attached hydrogens (tertiary/aromatic N) is 1. The standard InChI is InChI=1S/C12H11NO3/c1-2-13-7-9(11(14)12(15)16)8-5-3-4-6-10(8)13/h3-7H,2H2,1H3,(H,15,16)/p-1. The monoisotopic (exact) mass is 216 g/mol. The summed E-state index contributed by atoms with van der Waals surface area (Å²) in [6.07, 6.45) is 1.56. The van der Waals surface area contributed by atoms with E-state index in [2.05, 4.69) is 0 Å². The van der Waals surface area contributed by atoms with Gasteiger partial charge in [0.15, 0.2) is 0 Å². The van der Waals surface area contributed by atoms with Gasteiger partial charge in [0.2, 0.25) is 5.78 Å². The van der Waals surface area contributed by atoms with Crippen LogP contribution >= 0.6 is 0 Å². The normalized spacial score (nSPS) is 10.6. The summed E-state index contributed by atoms with van der Waals surface area (Å²) < 4.78 is 1.84. The fourth-order valence-corrected chi connectivity index (χ4v) is 1.80. The summed E-state index contributed by atoms with van der Waals surface area (Å²) in [5.41, 5.74) is 1.05. The number of aromatic nitrogens is 1. The average molecular weight is 216 g/mol. The van der Waals surface area contributed by atoms with Gasteiger partial charge in [0.25, 0.3) is 0 Å². The lowest BCUT2D eigenvalue weighted by Crippen LogP contribution is -2.31. The van der Waals surface area contributed by atoms with Crippen molar-refractivity contribution in [3.63, 3.8) is 0 Å². The molecule has 0 saturated heterocycles. The van der Waals surface area contributed by atoms with Crippen molar-refractivity contribution in [1.29, 1.82) is 0 Å². The smallest absolute Gasteiger partial charge is 0.210 e. The Balaban J connectivity index is 2.71. The van der Waals surface area contributed by atoms with E-state index in [0.29, 0.717) is 11.9 Å². The summed E-state index contributed by atoms with van der Waals surface area (Å²) in [5.74, 6) is -2.64. The fraction of sp³-hybridized carbons (Fsp3) is 0.167. The van der Waals surface area contributed by atoms with Crippen molar-refractivity contribution in [2.75, 3.05) is 0 Å². The molecule has 1 aromatic heterocycles. The Hall–Kier alpha value is -2.10. The van der Waals surface area contributed by atoms with Crippen LogP contribution in [0, 0.1) is 0 Å². The maximum atomic E-state index is 11.4. The minimum atomic E-state index is -1.67. The molecule has 0 spiro atoms. The number of carboxylic acid groups (broad SMARTS) is 1. The van der Waals surface area contributed by atoms with Crippen LogP contribution in [0.3, 0.4) is 0 Å². The van der Waals surface area contributed by atoms with Crippen molar-refractivity contribution in [3.05, 3.63) is 36.0 Å². The van der Waals surface area contributed by atoms with E-state index in [9.17, 15) is 14.7 Å². The third-order valence-corrected chi connectivity index (χ3v) is 2.56. The van der Waals surface area contributed by atoms with Gasteiger partial charge in [-0.25, -0.2) is 0 Å². The van der Waals surface area contributed by atoms with Gasteiger partial charge in [-0.15, -0.1) is 0 Å². The van der Waals surface area contributed by atoms with Crippen LogP contribution < -0.4 is 5.11 Å². The van der Waals surface area contributed by atoms with Crippen molar-refractivity contribution in [2.24, 2.45) is 0 Å². The molecule has 0 bridgehead atoms. The summed E-state index contributed by atoms with van der Waals surface area (Å²) in [6, 6.07) is 7.21. The molecule has 1 heterocycles. The number of ketones is 1. The molecular weight excluding hydrogens is 206 g/mol. The number of fused-ring (bicyclic) bond motifs is 1. The van der Waals surface area contributed by atoms with E-state index in [4.69, 9.17) is 0 Å². The number of Topliss-reactive ketones (excluding diaryl/α,β-unsaturated/α-hetero) is 1. The molecule has 82 valence electrons. The van der Waals surface area contributed by atoms with Crippen LogP contribution in [0.1, 0.15) is 17.3 Å². The van der Waals surface area contributed by atoms with Crippen LogP contribution in [-0.4, -0.2) is 16.3 Å². The number of carbonyl (C=O) groups excluding carboxylic acids is 2. The molecule has 0 N–H and O–H groups in total. The van der Waals surface area contributed by atoms with Gasteiger partial charge in [-0.2, -0.15) is 0 Å². The lowest BCUT2D eigenvalue weighted by molar-refractivity contribution is -0.296. The number of benzene rings is 1. The van der Waals surface area contributed by atoms with E-state index in [1.165, 1.54) is 0 Å². The van der Waals surface area contributed by atoms with Gasteiger partial charge in [-0.1, -0.05) is 18.2 Å². The van der Waals surface area contributed by atoms with Crippen molar-refractivity contribution in [2.45, 2.75) is 13.5 Å². The van der Waals surface area contributed by atoms with Gasteiger partial charge in [0, 0.05) is 29.2 Å². The fourth-order valence-electron chi connectivity index (χ4n) is 1.80. The van der Waals surface area contributed by atoms with Gasteiger partial charge in [0.05, 0.1) is 0 Å². The van der Waals surface area contributed by atoms with Crippen LogP contribution in [0.15, 0.2) is 30.5 Å². The predicted molar refractivity (Wildman–Crippen MR) is 56.9 cm³/mol. The predicted octanol–water partition coefficient (Wildman–Crippen LogP) is 0.594. The van der Waals surface area contributed by atoms with E-state index >= 15 is 0 Å².